The zero-order valence-corrected chi connectivity index (χ0v) is 9.43. The molecule has 0 radical (unpaired) electrons. The molecule has 0 aliphatic heterocycles. The van der Waals surface area contributed by atoms with Crippen LogP contribution >= 0.6 is 0 Å². The van der Waals surface area contributed by atoms with Crippen molar-refractivity contribution in [2.45, 2.75) is 70.6 Å². The van der Waals surface area contributed by atoms with E-state index in [-0.39, 0.29) is 0 Å². The first-order chi connectivity index (χ1) is 6.91. The molecule has 3 rings (SSSR count). The van der Waals surface area contributed by atoms with Crippen molar-refractivity contribution < 1.29 is 0 Å². The summed E-state index contributed by atoms with van der Waals surface area (Å²) >= 11 is 0. The highest BCUT2D eigenvalue weighted by molar-refractivity contribution is 4.98. The molecular weight excluding hydrogens is 168 g/mol. The largest absolute Gasteiger partial charge is 0.0533 e. The van der Waals surface area contributed by atoms with Crippen molar-refractivity contribution in [1.82, 2.24) is 0 Å². The van der Waals surface area contributed by atoms with Crippen molar-refractivity contribution in [3.8, 4) is 0 Å². The molecule has 0 aromatic rings. The summed E-state index contributed by atoms with van der Waals surface area (Å²) in [7, 11) is 0. The van der Waals surface area contributed by atoms with Gasteiger partial charge in [0, 0.05) is 0 Å². The van der Waals surface area contributed by atoms with Crippen LogP contribution in [0, 0.1) is 17.3 Å². The van der Waals surface area contributed by atoms with Crippen LogP contribution in [0.3, 0.4) is 0 Å². The Kier molecular flexibility index (Phi) is 2.34. The zero-order chi connectivity index (χ0) is 9.43. The first kappa shape index (κ1) is 9.24. The van der Waals surface area contributed by atoms with Crippen molar-refractivity contribution in [2.24, 2.45) is 17.3 Å². The second-order valence-corrected chi connectivity index (χ2v) is 6.11. The summed E-state index contributed by atoms with van der Waals surface area (Å²) in [6.45, 7) is 0. The fraction of sp³-hybridized carbons (Fsp3) is 1.00. The second kappa shape index (κ2) is 3.54. The van der Waals surface area contributed by atoms with Gasteiger partial charge in [-0.1, -0.05) is 38.5 Å². The fourth-order valence-electron chi connectivity index (χ4n) is 4.89. The van der Waals surface area contributed by atoms with Crippen LogP contribution in [0.1, 0.15) is 70.6 Å². The molecule has 0 N–H and O–H groups in total. The molecule has 2 atom stereocenters. The molecule has 80 valence electrons. The number of rotatable bonds is 0. The first-order valence-corrected chi connectivity index (χ1v) is 6.91. The third kappa shape index (κ3) is 1.33. The van der Waals surface area contributed by atoms with Crippen molar-refractivity contribution in [1.29, 1.82) is 0 Å². The standard InChI is InChI=1S/C14H24/c1-4-9-14(10-5-1)11-8-12-6-2-3-7-13(12)14/h12-13H,1-11H2. The van der Waals surface area contributed by atoms with Gasteiger partial charge < -0.3 is 0 Å². The second-order valence-electron chi connectivity index (χ2n) is 6.11. The lowest BCUT2D eigenvalue weighted by Gasteiger charge is -2.42. The molecule has 1 spiro atoms. The molecule has 0 bridgehead atoms. The summed E-state index contributed by atoms with van der Waals surface area (Å²) in [6, 6.07) is 0. The van der Waals surface area contributed by atoms with E-state index in [1.54, 1.807) is 57.8 Å². The van der Waals surface area contributed by atoms with Crippen LogP contribution in [0.5, 0.6) is 0 Å². The van der Waals surface area contributed by atoms with Gasteiger partial charge in [-0.2, -0.15) is 0 Å². The third-order valence-corrected chi connectivity index (χ3v) is 5.56. The lowest BCUT2D eigenvalue weighted by atomic mass is 9.63. The fourth-order valence-corrected chi connectivity index (χ4v) is 4.89. The molecule has 0 saturated heterocycles. The van der Waals surface area contributed by atoms with Gasteiger partial charge in [0.25, 0.3) is 0 Å². The molecule has 0 aromatic carbocycles. The van der Waals surface area contributed by atoms with Gasteiger partial charge in [-0.25, -0.2) is 0 Å². The Morgan fingerprint density at radius 2 is 1.43 bits per heavy atom. The normalized spacial score (nSPS) is 41.1. The van der Waals surface area contributed by atoms with E-state index in [9.17, 15) is 0 Å². The van der Waals surface area contributed by atoms with E-state index in [4.69, 9.17) is 0 Å². The van der Waals surface area contributed by atoms with Crippen LogP contribution in [-0.4, -0.2) is 0 Å². The minimum atomic E-state index is 0.864. The molecule has 0 nitrogen and oxygen atoms in total. The quantitative estimate of drug-likeness (QED) is 0.528. The minimum absolute atomic E-state index is 0.864. The van der Waals surface area contributed by atoms with E-state index in [0.717, 1.165) is 17.3 Å². The SMILES string of the molecule is C1CCC2(CC1)CCC1CCCCC12. The maximum Gasteiger partial charge on any atom is -0.0266 e. The Labute approximate surface area is 88.5 Å². The van der Waals surface area contributed by atoms with Crippen molar-refractivity contribution in [3.05, 3.63) is 0 Å². The number of hydrogen-bond acceptors (Lipinski definition) is 0. The Balaban J connectivity index is 1.78. The van der Waals surface area contributed by atoms with E-state index in [0.29, 0.717) is 0 Å². The van der Waals surface area contributed by atoms with Gasteiger partial charge in [0.1, 0.15) is 0 Å². The summed E-state index contributed by atoms with van der Waals surface area (Å²) < 4.78 is 0. The van der Waals surface area contributed by atoms with E-state index in [1.165, 1.54) is 12.8 Å². The molecule has 3 aliphatic rings. The van der Waals surface area contributed by atoms with Crippen molar-refractivity contribution in [3.63, 3.8) is 0 Å². The van der Waals surface area contributed by atoms with Crippen molar-refractivity contribution in [2.75, 3.05) is 0 Å². The monoisotopic (exact) mass is 192 g/mol. The van der Waals surface area contributed by atoms with Crippen LogP contribution in [0.15, 0.2) is 0 Å². The lowest BCUT2D eigenvalue weighted by molar-refractivity contribution is 0.0822. The highest BCUT2D eigenvalue weighted by Gasteiger charge is 2.48. The van der Waals surface area contributed by atoms with Crippen LogP contribution in [0.25, 0.3) is 0 Å². The molecule has 3 saturated carbocycles. The van der Waals surface area contributed by atoms with Gasteiger partial charge in [-0.15, -0.1) is 0 Å². The summed E-state index contributed by atoms with van der Waals surface area (Å²) in [5, 5.41) is 0. The smallest absolute Gasteiger partial charge is 0.0266 e. The molecule has 0 amide bonds. The molecule has 3 aliphatic carbocycles. The van der Waals surface area contributed by atoms with E-state index < -0.39 is 0 Å². The summed E-state index contributed by atoms with van der Waals surface area (Å²) in [5.41, 5.74) is 0.864. The topological polar surface area (TPSA) is 0 Å². The Morgan fingerprint density at radius 3 is 2.29 bits per heavy atom. The van der Waals surface area contributed by atoms with Gasteiger partial charge in [0.2, 0.25) is 0 Å². The highest BCUT2D eigenvalue weighted by Crippen LogP contribution is 2.59. The molecular formula is C14H24. The zero-order valence-electron chi connectivity index (χ0n) is 9.43. The summed E-state index contributed by atoms with van der Waals surface area (Å²) in [5.74, 6) is 2.32. The molecule has 0 aromatic heterocycles. The average Bonchev–Trinajstić information content (AvgIpc) is 2.60. The van der Waals surface area contributed by atoms with Crippen LogP contribution in [0.4, 0.5) is 0 Å². The third-order valence-electron chi connectivity index (χ3n) is 5.56. The molecule has 2 unspecified atom stereocenters. The Morgan fingerprint density at radius 1 is 0.643 bits per heavy atom. The van der Waals surface area contributed by atoms with Crippen LogP contribution in [-0.2, 0) is 0 Å². The Hall–Kier alpha value is 0. The van der Waals surface area contributed by atoms with Gasteiger partial charge in [-0.3, -0.25) is 0 Å². The molecule has 0 heteroatoms. The van der Waals surface area contributed by atoms with E-state index in [1.807, 2.05) is 0 Å². The average molecular weight is 192 g/mol. The van der Waals surface area contributed by atoms with Crippen LogP contribution < -0.4 is 0 Å². The number of hydrogen-bond donors (Lipinski definition) is 0. The molecule has 14 heavy (non-hydrogen) atoms. The van der Waals surface area contributed by atoms with Gasteiger partial charge in [0.15, 0.2) is 0 Å². The summed E-state index contributed by atoms with van der Waals surface area (Å²) in [4.78, 5) is 0. The van der Waals surface area contributed by atoms with E-state index >= 15 is 0 Å². The predicted octanol–water partition coefficient (Wildman–Crippen LogP) is 4.54. The highest BCUT2D eigenvalue weighted by atomic mass is 14.5. The summed E-state index contributed by atoms with van der Waals surface area (Å²) in [6.07, 6.45) is 17.2. The van der Waals surface area contributed by atoms with Crippen LogP contribution in [0.2, 0.25) is 0 Å². The molecule has 3 fully saturated rings. The van der Waals surface area contributed by atoms with Crippen molar-refractivity contribution >= 4 is 0 Å². The minimum Gasteiger partial charge on any atom is -0.0533 e. The maximum atomic E-state index is 1.60. The van der Waals surface area contributed by atoms with Gasteiger partial charge in [-0.05, 0) is 49.4 Å². The molecule has 0 heterocycles. The first-order valence-electron chi connectivity index (χ1n) is 6.91. The van der Waals surface area contributed by atoms with E-state index in [2.05, 4.69) is 0 Å². The lowest BCUT2D eigenvalue weighted by Crippen LogP contribution is -2.32. The van der Waals surface area contributed by atoms with Gasteiger partial charge >= 0.3 is 0 Å². The number of fused-ring (bicyclic) bond motifs is 2. The van der Waals surface area contributed by atoms with Gasteiger partial charge in [0.05, 0.1) is 0 Å². The Bertz CT molecular complexity index is 200. The maximum absolute atomic E-state index is 1.60. The predicted molar refractivity (Wildman–Crippen MR) is 60.2 cm³/mol.